The quantitative estimate of drug-likeness (QED) is 0.580. The Morgan fingerprint density at radius 2 is 1.74 bits per heavy atom. The maximum Gasteiger partial charge on any atom is 0.267 e. The van der Waals surface area contributed by atoms with Crippen LogP contribution in [-0.2, 0) is 6.42 Å². The van der Waals surface area contributed by atoms with E-state index in [0.717, 1.165) is 17.7 Å². The standard InChI is InChI=1S/C21H20N4OS/c1-3-14-6-10-15(11-7-14)24-20(26)19-18(23)17(12-22)21(27-19)25-16-8-4-13(2)5-9-16/h4-11,25H,3,23H2,1-2H3,(H,24,26). The van der Waals surface area contributed by atoms with Gasteiger partial charge >= 0.3 is 0 Å². The number of thiophene rings is 1. The number of carbonyl (C=O) groups excluding carboxylic acids is 1. The first kappa shape index (κ1) is 18.5. The summed E-state index contributed by atoms with van der Waals surface area (Å²) in [5.74, 6) is -0.324. The molecular formula is C21H20N4OS. The second kappa shape index (κ2) is 7.94. The van der Waals surface area contributed by atoms with Crippen LogP contribution in [0.3, 0.4) is 0 Å². The summed E-state index contributed by atoms with van der Waals surface area (Å²) in [7, 11) is 0. The second-order valence-corrected chi connectivity index (χ2v) is 7.18. The number of amides is 1. The minimum absolute atomic E-state index is 0.194. The van der Waals surface area contributed by atoms with Gasteiger partial charge < -0.3 is 16.4 Å². The van der Waals surface area contributed by atoms with Crippen molar-refractivity contribution >= 4 is 39.3 Å². The molecule has 0 aliphatic heterocycles. The van der Waals surface area contributed by atoms with Crippen molar-refractivity contribution in [3.8, 4) is 6.07 Å². The highest BCUT2D eigenvalue weighted by molar-refractivity contribution is 7.19. The number of hydrogen-bond acceptors (Lipinski definition) is 5. The molecule has 1 amide bonds. The molecule has 2 aromatic carbocycles. The molecule has 4 N–H and O–H groups in total. The largest absolute Gasteiger partial charge is 0.396 e. The van der Waals surface area contributed by atoms with Crippen molar-refractivity contribution in [2.75, 3.05) is 16.4 Å². The zero-order valence-corrected chi connectivity index (χ0v) is 16.0. The molecular weight excluding hydrogens is 356 g/mol. The van der Waals surface area contributed by atoms with Crippen LogP contribution in [0.1, 0.15) is 33.3 Å². The highest BCUT2D eigenvalue weighted by Gasteiger charge is 2.21. The summed E-state index contributed by atoms with van der Waals surface area (Å²) in [5, 5.41) is 16.1. The Labute approximate surface area is 162 Å². The molecule has 1 aromatic heterocycles. The van der Waals surface area contributed by atoms with Gasteiger partial charge in [0, 0.05) is 11.4 Å². The molecule has 0 saturated carbocycles. The number of anilines is 4. The van der Waals surface area contributed by atoms with Gasteiger partial charge in [0.2, 0.25) is 0 Å². The highest BCUT2D eigenvalue weighted by Crippen LogP contribution is 2.37. The number of nitrogens with one attached hydrogen (secondary N) is 2. The summed E-state index contributed by atoms with van der Waals surface area (Å²) in [6, 6.07) is 17.5. The number of rotatable bonds is 5. The highest BCUT2D eigenvalue weighted by atomic mass is 32.1. The molecule has 0 radical (unpaired) electrons. The van der Waals surface area contributed by atoms with Gasteiger partial charge in [0.05, 0.1) is 5.69 Å². The van der Waals surface area contributed by atoms with Crippen LogP contribution in [0.5, 0.6) is 0 Å². The zero-order valence-electron chi connectivity index (χ0n) is 15.2. The summed E-state index contributed by atoms with van der Waals surface area (Å²) >= 11 is 1.17. The third-order valence-corrected chi connectivity index (χ3v) is 5.31. The minimum Gasteiger partial charge on any atom is -0.396 e. The smallest absolute Gasteiger partial charge is 0.267 e. The lowest BCUT2D eigenvalue weighted by Crippen LogP contribution is -2.12. The predicted molar refractivity (Wildman–Crippen MR) is 112 cm³/mol. The van der Waals surface area contributed by atoms with Gasteiger partial charge in [0.1, 0.15) is 21.5 Å². The summed E-state index contributed by atoms with van der Waals surface area (Å²) in [6.07, 6.45) is 0.936. The molecule has 0 fully saturated rings. The fraction of sp³-hybridized carbons (Fsp3) is 0.143. The van der Waals surface area contributed by atoms with E-state index >= 15 is 0 Å². The van der Waals surface area contributed by atoms with Crippen LogP contribution in [-0.4, -0.2) is 5.91 Å². The van der Waals surface area contributed by atoms with E-state index in [2.05, 4.69) is 23.6 Å². The minimum atomic E-state index is -0.324. The number of benzene rings is 2. The van der Waals surface area contributed by atoms with E-state index in [1.54, 1.807) is 0 Å². The monoisotopic (exact) mass is 376 g/mol. The van der Waals surface area contributed by atoms with Gasteiger partial charge in [-0.1, -0.05) is 36.8 Å². The molecule has 27 heavy (non-hydrogen) atoms. The van der Waals surface area contributed by atoms with Gasteiger partial charge in [-0.3, -0.25) is 4.79 Å². The van der Waals surface area contributed by atoms with E-state index < -0.39 is 0 Å². The molecule has 0 bridgehead atoms. The summed E-state index contributed by atoms with van der Waals surface area (Å²) < 4.78 is 0. The van der Waals surface area contributed by atoms with E-state index in [1.165, 1.54) is 16.9 Å². The van der Waals surface area contributed by atoms with Gasteiger partial charge in [-0.25, -0.2) is 0 Å². The number of nitriles is 1. The average Bonchev–Trinajstić information content (AvgIpc) is 2.99. The molecule has 0 unspecified atom stereocenters. The number of hydrogen-bond donors (Lipinski definition) is 3. The molecule has 1 heterocycles. The van der Waals surface area contributed by atoms with Gasteiger partial charge in [-0.15, -0.1) is 11.3 Å². The van der Waals surface area contributed by atoms with E-state index in [4.69, 9.17) is 5.73 Å². The topological polar surface area (TPSA) is 90.9 Å². The first-order valence-corrected chi connectivity index (χ1v) is 9.39. The fourth-order valence-electron chi connectivity index (χ4n) is 2.59. The molecule has 136 valence electrons. The number of aryl methyl sites for hydroxylation is 2. The summed E-state index contributed by atoms with van der Waals surface area (Å²) in [5.41, 5.74) is 10.4. The van der Waals surface area contributed by atoms with E-state index in [0.29, 0.717) is 15.6 Å². The number of nitrogen functional groups attached to an aromatic ring is 1. The number of carbonyl (C=O) groups is 1. The van der Waals surface area contributed by atoms with Crippen molar-refractivity contribution in [1.29, 1.82) is 5.26 Å². The molecule has 0 saturated heterocycles. The molecule has 3 aromatic rings. The average molecular weight is 376 g/mol. The first-order chi connectivity index (χ1) is 13.0. The lowest BCUT2D eigenvalue weighted by molar-refractivity contribution is 0.103. The molecule has 0 aliphatic rings. The van der Waals surface area contributed by atoms with Crippen LogP contribution in [0.4, 0.5) is 22.1 Å². The Morgan fingerprint density at radius 1 is 1.11 bits per heavy atom. The van der Waals surface area contributed by atoms with E-state index in [-0.39, 0.29) is 17.2 Å². The predicted octanol–water partition coefficient (Wildman–Crippen LogP) is 5.07. The van der Waals surface area contributed by atoms with Crippen LogP contribution in [0.15, 0.2) is 48.5 Å². The van der Waals surface area contributed by atoms with Crippen LogP contribution < -0.4 is 16.4 Å². The van der Waals surface area contributed by atoms with Gasteiger partial charge in [0.25, 0.3) is 5.91 Å². The van der Waals surface area contributed by atoms with Crippen molar-refractivity contribution < 1.29 is 4.79 Å². The van der Waals surface area contributed by atoms with Gasteiger partial charge in [0.15, 0.2) is 0 Å². The summed E-state index contributed by atoms with van der Waals surface area (Å²) in [6.45, 7) is 4.08. The lowest BCUT2D eigenvalue weighted by atomic mass is 10.1. The Bertz CT molecular complexity index is 998. The Morgan fingerprint density at radius 3 is 2.33 bits per heavy atom. The van der Waals surface area contributed by atoms with Crippen molar-refractivity contribution in [2.24, 2.45) is 0 Å². The van der Waals surface area contributed by atoms with Crippen molar-refractivity contribution in [1.82, 2.24) is 0 Å². The molecule has 6 heteroatoms. The maximum absolute atomic E-state index is 12.7. The van der Waals surface area contributed by atoms with E-state index in [1.807, 2.05) is 55.5 Å². The SMILES string of the molecule is CCc1ccc(NC(=O)c2sc(Nc3ccc(C)cc3)c(C#N)c2N)cc1. The Hall–Kier alpha value is -3.30. The van der Waals surface area contributed by atoms with Crippen molar-refractivity contribution in [3.05, 3.63) is 70.1 Å². The van der Waals surface area contributed by atoms with Crippen LogP contribution in [0, 0.1) is 18.3 Å². The molecule has 0 aliphatic carbocycles. The fourth-order valence-corrected chi connectivity index (χ4v) is 3.58. The second-order valence-electron chi connectivity index (χ2n) is 6.16. The van der Waals surface area contributed by atoms with E-state index in [9.17, 15) is 10.1 Å². The van der Waals surface area contributed by atoms with Crippen LogP contribution >= 0.6 is 11.3 Å². The number of nitrogens with zero attached hydrogens (tertiary/aromatic N) is 1. The third kappa shape index (κ3) is 4.10. The molecule has 0 atom stereocenters. The summed E-state index contributed by atoms with van der Waals surface area (Å²) in [4.78, 5) is 13.0. The van der Waals surface area contributed by atoms with Crippen LogP contribution in [0.25, 0.3) is 0 Å². The Balaban J connectivity index is 1.84. The molecule has 0 spiro atoms. The van der Waals surface area contributed by atoms with Gasteiger partial charge in [-0.2, -0.15) is 5.26 Å². The lowest BCUT2D eigenvalue weighted by Gasteiger charge is -2.05. The molecule has 3 rings (SSSR count). The van der Waals surface area contributed by atoms with Crippen molar-refractivity contribution in [3.63, 3.8) is 0 Å². The van der Waals surface area contributed by atoms with Crippen molar-refractivity contribution in [2.45, 2.75) is 20.3 Å². The Kier molecular flexibility index (Phi) is 5.43. The van der Waals surface area contributed by atoms with Gasteiger partial charge in [-0.05, 0) is 43.2 Å². The maximum atomic E-state index is 12.7. The molecule has 5 nitrogen and oxygen atoms in total. The number of nitrogens with two attached hydrogens (primary N) is 1. The van der Waals surface area contributed by atoms with Crippen LogP contribution in [0.2, 0.25) is 0 Å². The third-order valence-electron chi connectivity index (χ3n) is 4.19. The first-order valence-electron chi connectivity index (χ1n) is 8.58. The normalized spacial score (nSPS) is 10.3. The zero-order chi connectivity index (χ0) is 19.4.